The molecule has 2 aliphatic rings. The Hall–Kier alpha value is -2.44. The topological polar surface area (TPSA) is 73.3 Å². The van der Waals surface area contributed by atoms with Crippen LogP contribution in [0.15, 0.2) is 31.0 Å². The van der Waals surface area contributed by atoms with E-state index < -0.39 is 0 Å². The quantitative estimate of drug-likeness (QED) is 0.834. The zero-order valence-corrected chi connectivity index (χ0v) is 13.5. The molecule has 0 unspecified atom stereocenters. The fraction of sp³-hybridized carbons (Fsp3) is 0.529. The van der Waals surface area contributed by atoms with E-state index in [1.165, 1.54) is 6.42 Å². The molecule has 2 fully saturated rings. The number of hydrogen-bond donors (Lipinski definition) is 0. The molecule has 1 saturated heterocycles. The molecule has 24 heavy (non-hydrogen) atoms. The number of ether oxygens (including phenoxy) is 2. The molecule has 4 rings (SSSR count). The van der Waals surface area contributed by atoms with Crippen molar-refractivity contribution in [3.05, 3.63) is 31.0 Å². The Morgan fingerprint density at radius 1 is 0.833 bits per heavy atom. The molecule has 1 saturated carbocycles. The average Bonchev–Trinajstić information content (AvgIpc) is 2.60. The van der Waals surface area contributed by atoms with Crippen molar-refractivity contribution < 1.29 is 9.47 Å². The van der Waals surface area contributed by atoms with Crippen molar-refractivity contribution >= 4 is 5.82 Å². The van der Waals surface area contributed by atoms with Crippen molar-refractivity contribution in [1.82, 2.24) is 19.9 Å². The predicted octanol–water partition coefficient (Wildman–Crippen LogP) is 2.25. The molecule has 7 heteroatoms. The fourth-order valence-electron chi connectivity index (χ4n) is 2.97. The molecule has 0 atom stereocenters. The molecule has 1 aliphatic carbocycles. The van der Waals surface area contributed by atoms with E-state index in [2.05, 4.69) is 24.8 Å². The van der Waals surface area contributed by atoms with Crippen LogP contribution in [0.5, 0.6) is 11.8 Å². The first-order chi connectivity index (χ1) is 11.9. The van der Waals surface area contributed by atoms with Crippen LogP contribution in [0.4, 0.5) is 5.82 Å². The van der Waals surface area contributed by atoms with E-state index in [0.717, 1.165) is 44.6 Å². The largest absolute Gasteiger partial charge is 0.473 e. The maximum atomic E-state index is 5.99. The molecule has 0 aromatic carbocycles. The zero-order chi connectivity index (χ0) is 16.2. The molecule has 126 valence electrons. The molecule has 0 bridgehead atoms. The van der Waals surface area contributed by atoms with Gasteiger partial charge in [-0.2, -0.15) is 0 Å². The summed E-state index contributed by atoms with van der Waals surface area (Å²) in [4.78, 5) is 19.3. The molecule has 1 aliphatic heterocycles. The third-order valence-electron chi connectivity index (χ3n) is 4.55. The van der Waals surface area contributed by atoms with E-state index in [1.807, 2.05) is 0 Å². The van der Waals surface area contributed by atoms with Crippen molar-refractivity contribution in [2.24, 2.45) is 0 Å². The summed E-state index contributed by atoms with van der Waals surface area (Å²) in [6.45, 7) is 1.73. The van der Waals surface area contributed by atoms with Crippen LogP contribution in [0.25, 0.3) is 0 Å². The Balaban J connectivity index is 1.37. The minimum Gasteiger partial charge on any atom is -0.473 e. The Labute approximate surface area is 141 Å². The maximum Gasteiger partial charge on any atom is 0.257 e. The van der Waals surface area contributed by atoms with Gasteiger partial charge in [-0.25, -0.2) is 15.0 Å². The summed E-state index contributed by atoms with van der Waals surface area (Å²) in [6, 6.07) is 0. The summed E-state index contributed by atoms with van der Waals surface area (Å²) < 4.78 is 11.9. The Morgan fingerprint density at radius 3 is 2.29 bits per heavy atom. The average molecular weight is 327 g/mol. The van der Waals surface area contributed by atoms with Gasteiger partial charge in [-0.05, 0) is 19.3 Å². The molecule has 2 aromatic rings. The summed E-state index contributed by atoms with van der Waals surface area (Å²) in [5.74, 6) is 2.10. The van der Waals surface area contributed by atoms with Crippen LogP contribution in [0, 0.1) is 0 Å². The normalized spacial score (nSPS) is 18.9. The summed E-state index contributed by atoms with van der Waals surface area (Å²) in [5.41, 5.74) is 0. The van der Waals surface area contributed by atoms with Gasteiger partial charge in [0.2, 0.25) is 5.88 Å². The molecule has 3 heterocycles. The van der Waals surface area contributed by atoms with Crippen LogP contribution in [0.1, 0.15) is 32.1 Å². The SMILES string of the molecule is c1cnc(OC2CCN(c3nccnc3OC3CCC3)CC2)cn1. The Kier molecular flexibility index (Phi) is 4.40. The van der Waals surface area contributed by atoms with E-state index in [-0.39, 0.29) is 6.10 Å². The summed E-state index contributed by atoms with van der Waals surface area (Å²) in [7, 11) is 0. The first-order valence-corrected chi connectivity index (χ1v) is 8.54. The van der Waals surface area contributed by atoms with E-state index in [1.54, 1.807) is 31.0 Å². The molecular weight excluding hydrogens is 306 g/mol. The first-order valence-electron chi connectivity index (χ1n) is 8.54. The molecule has 0 amide bonds. The van der Waals surface area contributed by atoms with Crippen LogP contribution in [-0.4, -0.2) is 45.2 Å². The van der Waals surface area contributed by atoms with Gasteiger partial charge in [0.25, 0.3) is 5.88 Å². The number of hydrogen-bond acceptors (Lipinski definition) is 7. The fourth-order valence-corrected chi connectivity index (χ4v) is 2.97. The molecule has 7 nitrogen and oxygen atoms in total. The molecular formula is C17H21N5O2. The Morgan fingerprint density at radius 2 is 1.58 bits per heavy atom. The lowest BCUT2D eigenvalue weighted by molar-refractivity contribution is 0.114. The summed E-state index contributed by atoms with van der Waals surface area (Å²) in [6.07, 6.45) is 14.1. The van der Waals surface area contributed by atoms with E-state index in [4.69, 9.17) is 9.47 Å². The summed E-state index contributed by atoms with van der Waals surface area (Å²) >= 11 is 0. The van der Waals surface area contributed by atoms with Gasteiger partial charge < -0.3 is 14.4 Å². The van der Waals surface area contributed by atoms with Crippen molar-refractivity contribution in [3.8, 4) is 11.8 Å². The van der Waals surface area contributed by atoms with Gasteiger partial charge in [0.1, 0.15) is 12.2 Å². The highest BCUT2D eigenvalue weighted by Gasteiger charge is 2.27. The number of piperidine rings is 1. The predicted molar refractivity (Wildman–Crippen MR) is 88.2 cm³/mol. The zero-order valence-electron chi connectivity index (χ0n) is 13.5. The van der Waals surface area contributed by atoms with Crippen LogP contribution in [0.2, 0.25) is 0 Å². The minimum absolute atomic E-state index is 0.158. The second-order valence-corrected chi connectivity index (χ2v) is 6.20. The van der Waals surface area contributed by atoms with Crippen molar-refractivity contribution in [3.63, 3.8) is 0 Å². The van der Waals surface area contributed by atoms with Gasteiger partial charge in [0.05, 0.1) is 6.20 Å². The monoisotopic (exact) mass is 327 g/mol. The first kappa shape index (κ1) is 15.1. The molecule has 0 N–H and O–H groups in total. The van der Waals surface area contributed by atoms with E-state index >= 15 is 0 Å². The molecule has 2 aromatic heterocycles. The van der Waals surface area contributed by atoms with Crippen LogP contribution < -0.4 is 14.4 Å². The van der Waals surface area contributed by atoms with Gasteiger partial charge in [-0.1, -0.05) is 0 Å². The minimum atomic E-state index is 0.158. The standard InChI is InChI=1S/C17H21N5O2/c1-2-13(3-1)24-17-16(20-8-9-21-17)22-10-4-14(5-11-22)23-15-12-18-6-7-19-15/h6-9,12-14H,1-5,10-11H2. The van der Waals surface area contributed by atoms with Gasteiger partial charge in [0.15, 0.2) is 5.82 Å². The number of aromatic nitrogens is 4. The molecule has 0 radical (unpaired) electrons. The lowest BCUT2D eigenvalue weighted by Gasteiger charge is -2.34. The van der Waals surface area contributed by atoms with Gasteiger partial charge in [-0.3, -0.25) is 4.98 Å². The van der Waals surface area contributed by atoms with Crippen molar-refractivity contribution in [2.75, 3.05) is 18.0 Å². The third kappa shape index (κ3) is 3.39. The second-order valence-electron chi connectivity index (χ2n) is 6.20. The number of anilines is 1. The number of rotatable bonds is 5. The van der Waals surface area contributed by atoms with E-state index in [0.29, 0.717) is 17.9 Å². The van der Waals surface area contributed by atoms with Gasteiger partial charge >= 0.3 is 0 Å². The highest BCUT2D eigenvalue weighted by Crippen LogP contribution is 2.31. The lowest BCUT2D eigenvalue weighted by atomic mass is 9.96. The molecule has 0 spiro atoms. The second kappa shape index (κ2) is 6.98. The Bertz CT molecular complexity index is 657. The highest BCUT2D eigenvalue weighted by molar-refractivity contribution is 5.48. The smallest absolute Gasteiger partial charge is 0.257 e. The van der Waals surface area contributed by atoms with Gasteiger partial charge in [0, 0.05) is 50.7 Å². The lowest BCUT2D eigenvalue weighted by Crippen LogP contribution is -2.39. The van der Waals surface area contributed by atoms with E-state index in [9.17, 15) is 0 Å². The maximum absolute atomic E-state index is 5.99. The number of nitrogens with zero attached hydrogens (tertiary/aromatic N) is 5. The van der Waals surface area contributed by atoms with Crippen molar-refractivity contribution in [2.45, 2.75) is 44.3 Å². The highest BCUT2D eigenvalue weighted by atomic mass is 16.5. The van der Waals surface area contributed by atoms with Crippen molar-refractivity contribution in [1.29, 1.82) is 0 Å². The van der Waals surface area contributed by atoms with Gasteiger partial charge in [-0.15, -0.1) is 0 Å². The third-order valence-corrected chi connectivity index (χ3v) is 4.55. The summed E-state index contributed by atoms with van der Waals surface area (Å²) in [5, 5.41) is 0. The van der Waals surface area contributed by atoms with Crippen LogP contribution >= 0.6 is 0 Å². The van der Waals surface area contributed by atoms with Crippen LogP contribution in [0.3, 0.4) is 0 Å². The van der Waals surface area contributed by atoms with Crippen LogP contribution in [-0.2, 0) is 0 Å².